The Labute approximate surface area is 110 Å². The Balaban J connectivity index is 2.13. The van der Waals surface area contributed by atoms with Crippen molar-refractivity contribution in [1.29, 1.82) is 0 Å². The lowest BCUT2D eigenvalue weighted by atomic mass is 10.3. The number of hydrogen-bond donors (Lipinski definition) is 2. The van der Waals surface area contributed by atoms with Crippen molar-refractivity contribution in [3.8, 4) is 10.6 Å². The van der Waals surface area contributed by atoms with E-state index in [9.17, 15) is 5.11 Å². The minimum Gasteiger partial charge on any atom is -0.391 e. The van der Waals surface area contributed by atoms with Crippen LogP contribution >= 0.6 is 38.6 Å². The van der Waals surface area contributed by atoms with E-state index in [0.717, 1.165) is 20.1 Å². The van der Waals surface area contributed by atoms with E-state index in [1.807, 2.05) is 16.8 Å². The summed E-state index contributed by atoms with van der Waals surface area (Å²) in [4.78, 5) is 5.61. The SMILES string of the molecule is NCC(O)Cc1nc(-c2cc(Br)cs2)cs1. The Morgan fingerprint density at radius 1 is 1.44 bits per heavy atom. The summed E-state index contributed by atoms with van der Waals surface area (Å²) in [5.74, 6) is 0. The van der Waals surface area contributed by atoms with Crippen LogP contribution in [0.25, 0.3) is 10.6 Å². The molecule has 1 atom stereocenters. The molecule has 86 valence electrons. The molecule has 2 aromatic rings. The van der Waals surface area contributed by atoms with Gasteiger partial charge in [0.15, 0.2) is 0 Å². The van der Waals surface area contributed by atoms with Crippen LogP contribution in [0.1, 0.15) is 5.01 Å². The predicted molar refractivity (Wildman–Crippen MR) is 71.9 cm³/mol. The van der Waals surface area contributed by atoms with Crippen molar-refractivity contribution in [3.05, 3.63) is 26.3 Å². The lowest BCUT2D eigenvalue weighted by Gasteiger charge is -2.02. The zero-order chi connectivity index (χ0) is 11.5. The van der Waals surface area contributed by atoms with Crippen molar-refractivity contribution in [2.45, 2.75) is 12.5 Å². The van der Waals surface area contributed by atoms with Crippen LogP contribution in [0.4, 0.5) is 0 Å². The largest absolute Gasteiger partial charge is 0.391 e. The van der Waals surface area contributed by atoms with E-state index in [-0.39, 0.29) is 6.54 Å². The summed E-state index contributed by atoms with van der Waals surface area (Å²) in [6.07, 6.45) is 0.0438. The third kappa shape index (κ3) is 2.89. The van der Waals surface area contributed by atoms with Gasteiger partial charge in [0.05, 0.1) is 21.7 Å². The first-order valence-electron chi connectivity index (χ1n) is 4.76. The summed E-state index contributed by atoms with van der Waals surface area (Å²) in [6, 6.07) is 2.04. The molecule has 0 radical (unpaired) electrons. The highest BCUT2D eigenvalue weighted by molar-refractivity contribution is 9.10. The van der Waals surface area contributed by atoms with E-state index in [2.05, 4.69) is 20.9 Å². The van der Waals surface area contributed by atoms with Gasteiger partial charge in [-0.15, -0.1) is 22.7 Å². The molecule has 3 N–H and O–H groups in total. The zero-order valence-corrected chi connectivity index (χ0v) is 11.6. The first-order chi connectivity index (χ1) is 7.69. The van der Waals surface area contributed by atoms with Crippen molar-refractivity contribution in [2.75, 3.05) is 6.54 Å². The Hall–Kier alpha value is -0.270. The minimum atomic E-state index is -0.492. The second-order valence-electron chi connectivity index (χ2n) is 3.35. The Kier molecular flexibility index (Phi) is 4.10. The maximum absolute atomic E-state index is 9.43. The lowest BCUT2D eigenvalue weighted by molar-refractivity contribution is 0.183. The number of nitrogens with zero attached hydrogens (tertiary/aromatic N) is 1. The van der Waals surface area contributed by atoms with Gasteiger partial charge in [-0.2, -0.15) is 0 Å². The molecule has 6 heteroatoms. The summed E-state index contributed by atoms with van der Waals surface area (Å²) < 4.78 is 1.07. The van der Waals surface area contributed by atoms with E-state index >= 15 is 0 Å². The van der Waals surface area contributed by atoms with Crippen LogP contribution in [0, 0.1) is 0 Å². The van der Waals surface area contributed by atoms with Crippen LogP contribution in [0.5, 0.6) is 0 Å². The van der Waals surface area contributed by atoms with Gasteiger partial charge in [0.25, 0.3) is 0 Å². The fraction of sp³-hybridized carbons (Fsp3) is 0.300. The number of rotatable bonds is 4. The Morgan fingerprint density at radius 2 is 2.25 bits per heavy atom. The summed E-state index contributed by atoms with van der Waals surface area (Å²) in [7, 11) is 0. The average molecular weight is 319 g/mol. The molecule has 1 unspecified atom stereocenters. The van der Waals surface area contributed by atoms with Crippen LogP contribution in [-0.2, 0) is 6.42 Å². The molecule has 2 aromatic heterocycles. The topological polar surface area (TPSA) is 59.1 Å². The van der Waals surface area contributed by atoms with E-state index in [4.69, 9.17) is 5.73 Å². The van der Waals surface area contributed by atoms with Crippen molar-refractivity contribution in [2.24, 2.45) is 5.73 Å². The maximum atomic E-state index is 9.43. The normalized spacial score (nSPS) is 12.9. The van der Waals surface area contributed by atoms with E-state index in [1.165, 1.54) is 0 Å². The molecule has 16 heavy (non-hydrogen) atoms. The first-order valence-corrected chi connectivity index (χ1v) is 7.31. The van der Waals surface area contributed by atoms with Crippen molar-refractivity contribution < 1.29 is 5.11 Å². The number of hydrogen-bond acceptors (Lipinski definition) is 5. The quantitative estimate of drug-likeness (QED) is 0.910. The highest BCUT2D eigenvalue weighted by atomic mass is 79.9. The number of thiazole rings is 1. The van der Waals surface area contributed by atoms with Gasteiger partial charge in [0, 0.05) is 28.2 Å². The van der Waals surface area contributed by atoms with Gasteiger partial charge in [0.1, 0.15) is 0 Å². The first kappa shape index (κ1) is 12.2. The second kappa shape index (κ2) is 5.37. The lowest BCUT2D eigenvalue weighted by Crippen LogP contribution is -2.21. The van der Waals surface area contributed by atoms with E-state index < -0.39 is 6.10 Å². The third-order valence-electron chi connectivity index (χ3n) is 2.05. The fourth-order valence-electron chi connectivity index (χ4n) is 1.25. The monoisotopic (exact) mass is 318 g/mol. The van der Waals surface area contributed by atoms with Crippen LogP contribution in [0.15, 0.2) is 21.3 Å². The molecular weight excluding hydrogens is 308 g/mol. The number of nitrogens with two attached hydrogens (primary N) is 1. The van der Waals surface area contributed by atoms with Crippen LogP contribution in [-0.4, -0.2) is 22.7 Å². The van der Waals surface area contributed by atoms with Crippen LogP contribution in [0.3, 0.4) is 0 Å². The van der Waals surface area contributed by atoms with Gasteiger partial charge in [-0.3, -0.25) is 0 Å². The zero-order valence-electron chi connectivity index (χ0n) is 8.39. The molecule has 2 rings (SSSR count). The molecule has 0 aliphatic rings. The van der Waals surface area contributed by atoms with Crippen LogP contribution in [0.2, 0.25) is 0 Å². The van der Waals surface area contributed by atoms with Crippen molar-refractivity contribution in [3.63, 3.8) is 0 Å². The molecule has 0 saturated carbocycles. The maximum Gasteiger partial charge on any atom is 0.0959 e. The number of aromatic nitrogens is 1. The molecule has 0 aliphatic heterocycles. The fourth-order valence-corrected chi connectivity index (χ4v) is 3.58. The summed E-state index contributed by atoms with van der Waals surface area (Å²) in [5.41, 5.74) is 6.34. The van der Waals surface area contributed by atoms with Gasteiger partial charge in [-0.1, -0.05) is 0 Å². The molecule has 0 spiro atoms. The highest BCUT2D eigenvalue weighted by Crippen LogP contribution is 2.30. The molecule has 0 amide bonds. The molecule has 3 nitrogen and oxygen atoms in total. The Bertz CT molecular complexity index is 469. The summed E-state index contributed by atoms with van der Waals surface area (Å²) >= 11 is 6.63. The Morgan fingerprint density at radius 3 is 2.88 bits per heavy atom. The average Bonchev–Trinajstić information content (AvgIpc) is 2.87. The molecule has 0 bridgehead atoms. The van der Waals surface area contributed by atoms with Crippen molar-refractivity contribution in [1.82, 2.24) is 4.98 Å². The molecule has 0 saturated heterocycles. The standard InChI is InChI=1S/C10H11BrN2OS2/c11-6-1-9(15-4-6)8-5-16-10(13-8)2-7(14)3-12/h1,4-5,7,14H,2-3,12H2. The third-order valence-corrected chi connectivity index (χ3v) is 4.64. The molecule has 2 heterocycles. The second-order valence-corrected chi connectivity index (χ2v) is 6.12. The minimum absolute atomic E-state index is 0.277. The molecular formula is C10H11BrN2OS2. The van der Waals surface area contributed by atoms with Gasteiger partial charge < -0.3 is 10.8 Å². The molecule has 0 fully saturated rings. The van der Waals surface area contributed by atoms with Crippen molar-refractivity contribution >= 4 is 38.6 Å². The number of aliphatic hydroxyl groups excluding tert-OH is 1. The summed E-state index contributed by atoms with van der Waals surface area (Å²) in [5, 5.41) is 14.4. The van der Waals surface area contributed by atoms with E-state index in [0.29, 0.717) is 6.42 Å². The molecule has 0 aliphatic carbocycles. The highest BCUT2D eigenvalue weighted by Gasteiger charge is 2.09. The summed E-state index contributed by atoms with van der Waals surface area (Å²) in [6.45, 7) is 0.277. The van der Waals surface area contributed by atoms with Gasteiger partial charge in [-0.25, -0.2) is 4.98 Å². The number of thiophene rings is 1. The predicted octanol–water partition coefficient (Wildman–Crippen LogP) is 2.50. The van der Waals surface area contributed by atoms with E-state index in [1.54, 1.807) is 22.7 Å². The smallest absolute Gasteiger partial charge is 0.0959 e. The van der Waals surface area contributed by atoms with Gasteiger partial charge in [0.2, 0.25) is 0 Å². The van der Waals surface area contributed by atoms with Gasteiger partial charge in [-0.05, 0) is 22.0 Å². The van der Waals surface area contributed by atoms with Gasteiger partial charge >= 0.3 is 0 Å². The molecule has 0 aromatic carbocycles. The number of halogens is 1. The number of aliphatic hydroxyl groups is 1. The van der Waals surface area contributed by atoms with Crippen LogP contribution < -0.4 is 5.73 Å².